The lowest BCUT2D eigenvalue weighted by atomic mass is 10.4. The van der Waals surface area contributed by atoms with Gasteiger partial charge < -0.3 is 4.52 Å². The summed E-state index contributed by atoms with van der Waals surface area (Å²) in [6.45, 7) is 0. The number of tetrazole rings is 1. The van der Waals surface area contributed by atoms with Crippen LogP contribution in [0.25, 0.3) is 0 Å². The van der Waals surface area contributed by atoms with Crippen LogP contribution < -0.4 is 0 Å². The first-order chi connectivity index (χ1) is 6.36. The Morgan fingerprint density at radius 2 is 2.54 bits per heavy atom. The molecule has 0 bridgehead atoms. The van der Waals surface area contributed by atoms with Crippen molar-refractivity contribution < 1.29 is 4.52 Å². The number of hydrogen-bond donors (Lipinski definition) is 0. The highest BCUT2D eigenvalue weighted by Crippen LogP contribution is 2.18. The summed E-state index contributed by atoms with van der Waals surface area (Å²) in [6, 6.07) is 0. The highest BCUT2D eigenvalue weighted by molar-refractivity contribution is 7.98. The Bertz CT molecular complexity index is 370. The number of hydrogen-bond acceptors (Lipinski definition) is 6. The molecule has 0 saturated carbocycles. The van der Waals surface area contributed by atoms with Crippen molar-refractivity contribution in [3.63, 3.8) is 0 Å². The Labute approximate surface area is 78.3 Å². The Morgan fingerprint density at radius 1 is 1.62 bits per heavy atom. The van der Waals surface area contributed by atoms with Gasteiger partial charge in [0.15, 0.2) is 0 Å². The molecule has 13 heavy (non-hydrogen) atoms. The van der Waals surface area contributed by atoms with E-state index in [1.54, 1.807) is 24.2 Å². The molecule has 6 nitrogen and oxygen atoms in total. The Kier molecular flexibility index (Phi) is 2.26. The number of rotatable bonds is 3. The zero-order chi connectivity index (χ0) is 9.10. The standard InChI is InChI=1S/C6H7N5OS/c1-11-6(8-9-10-11)13-4-5-2-7-12-3-5/h2-3H,4H2,1H3. The Hall–Kier alpha value is -1.37. The van der Waals surface area contributed by atoms with Crippen molar-refractivity contribution in [2.45, 2.75) is 10.9 Å². The molecule has 2 aromatic heterocycles. The first-order valence-electron chi connectivity index (χ1n) is 3.59. The fourth-order valence-corrected chi connectivity index (χ4v) is 1.55. The smallest absolute Gasteiger partial charge is 0.209 e. The fourth-order valence-electron chi connectivity index (χ4n) is 0.789. The molecule has 0 saturated heterocycles. The zero-order valence-electron chi connectivity index (χ0n) is 6.91. The summed E-state index contributed by atoms with van der Waals surface area (Å²) >= 11 is 1.54. The van der Waals surface area contributed by atoms with E-state index in [0.717, 1.165) is 16.5 Å². The summed E-state index contributed by atoms with van der Waals surface area (Å²) in [5.41, 5.74) is 1.02. The van der Waals surface area contributed by atoms with Crippen LogP contribution in [0.15, 0.2) is 22.1 Å². The van der Waals surface area contributed by atoms with Crippen molar-refractivity contribution in [2.75, 3.05) is 0 Å². The average molecular weight is 197 g/mol. The van der Waals surface area contributed by atoms with E-state index in [1.165, 1.54) is 11.8 Å². The SMILES string of the molecule is Cn1nnnc1SCc1cnoc1. The van der Waals surface area contributed by atoms with Gasteiger partial charge in [-0.1, -0.05) is 16.9 Å². The van der Waals surface area contributed by atoms with Gasteiger partial charge in [0, 0.05) is 18.4 Å². The molecule has 0 spiro atoms. The summed E-state index contributed by atoms with van der Waals surface area (Å²) in [7, 11) is 1.80. The van der Waals surface area contributed by atoms with Crippen molar-refractivity contribution in [1.29, 1.82) is 0 Å². The third-order valence-electron chi connectivity index (χ3n) is 1.43. The van der Waals surface area contributed by atoms with Crippen LogP contribution in [0.2, 0.25) is 0 Å². The molecule has 2 aromatic rings. The van der Waals surface area contributed by atoms with Crippen molar-refractivity contribution in [2.24, 2.45) is 7.05 Å². The van der Waals surface area contributed by atoms with Crippen LogP contribution >= 0.6 is 11.8 Å². The first kappa shape index (κ1) is 8.24. The maximum absolute atomic E-state index is 4.69. The molecule has 0 fully saturated rings. The highest BCUT2D eigenvalue weighted by Gasteiger charge is 2.03. The van der Waals surface area contributed by atoms with Gasteiger partial charge >= 0.3 is 0 Å². The summed E-state index contributed by atoms with van der Waals surface area (Å²) in [5, 5.41) is 15.4. The van der Waals surface area contributed by atoms with Gasteiger partial charge in [0.05, 0.1) is 6.20 Å². The number of thioether (sulfide) groups is 1. The van der Waals surface area contributed by atoms with Crippen LogP contribution in [0.3, 0.4) is 0 Å². The van der Waals surface area contributed by atoms with Gasteiger partial charge in [-0.3, -0.25) is 0 Å². The monoisotopic (exact) mass is 197 g/mol. The van der Waals surface area contributed by atoms with E-state index in [-0.39, 0.29) is 0 Å². The van der Waals surface area contributed by atoms with Crippen molar-refractivity contribution >= 4 is 11.8 Å². The van der Waals surface area contributed by atoms with Crippen LogP contribution in [0.1, 0.15) is 5.56 Å². The van der Waals surface area contributed by atoms with Gasteiger partial charge in [0.1, 0.15) is 6.26 Å². The van der Waals surface area contributed by atoms with Gasteiger partial charge in [-0.2, -0.15) is 0 Å². The molecule has 0 aliphatic heterocycles. The lowest BCUT2D eigenvalue weighted by Crippen LogP contribution is -1.92. The fraction of sp³-hybridized carbons (Fsp3) is 0.333. The molecule has 0 aliphatic carbocycles. The first-order valence-corrected chi connectivity index (χ1v) is 4.58. The van der Waals surface area contributed by atoms with E-state index in [9.17, 15) is 0 Å². The van der Waals surface area contributed by atoms with Gasteiger partial charge in [-0.15, -0.1) is 5.10 Å². The third-order valence-corrected chi connectivity index (χ3v) is 2.51. The van der Waals surface area contributed by atoms with Crippen molar-refractivity contribution in [1.82, 2.24) is 25.4 Å². The largest absolute Gasteiger partial charge is 0.364 e. The summed E-state index contributed by atoms with van der Waals surface area (Å²) in [6.07, 6.45) is 3.29. The minimum Gasteiger partial charge on any atom is -0.364 e. The second-order valence-corrected chi connectivity index (χ2v) is 3.35. The molecule has 68 valence electrons. The van der Waals surface area contributed by atoms with Gasteiger partial charge in [-0.05, 0) is 10.4 Å². The van der Waals surface area contributed by atoms with Crippen LogP contribution in [0.4, 0.5) is 0 Å². The van der Waals surface area contributed by atoms with E-state index in [1.807, 2.05) is 0 Å². The molecular formula is C6H7N5OS. The predicted octanol–water partition coefficient (Wildman–Crippen LogP) is 0.490. The minimum atomic E-state index is 0.762. The van der Waals surface area contributed by atoms with Gasteiger partial charge in [0.2, 0.25) is 5.16 Å². The Balaban J connectivity index is 1.97. The molecule has 0 amide bonds. The molecule has 2 rings (SSSR count). The maximum Gasteiger partial charge on any atom is 0.209 e. The normalized spacial score (nSPS) is 10.5. The average Bonchev–Trinajstić information content (AvgIpc) is 2.72. The summed E-state index contributed by atoms with van der Waals surface area (Å²) in [4.78, 5) is 0. The topological polar surface area (TPSA) is 69.6 Å². The van der Waals surface area contributed by atoms with E-state index >= 15 is 0 Å². The van der Waals surface area contributed by atoms with Crippen molar-refractivity contribution in [3.05, 3.63) is 18.0 Å². The van der Waals surface area contributed by atoms with Crippen LogP contribution in [-0.4, -0.2) is 25.4 Å². The van der Waals surface area contributed by atoms with E-state index in [0.29, 0.717) is 0 Å². The van der Waals surface area contributed by atoms with Crippen molar-refractivity contribution in [3.8, 4) is 0 Å². The summed E-state index contributed by atoms with van der Waals surface area (Å²) in [5.74, 6) is 0.762. The maximum atomic E-state index is 4.69. The van der Waals surface area contributed by atoms with Gasteiger partial charge in [-0.25, -0.2) is 4.68 Å². The molecule has 0 radical (unpaired) electrons. The number of aromatic nitrogens is 5. The molecule has 7 heteroatoms. The van der Waals surface area contributed by atoms with E-state index < -0.39 is 0 Å². The minimum absolute atomic E-state index is 0.762. The van der Waals surface area contributed by atoms with Crippen LogP contribution in [0, 0.1) is 0 Å². The quantitative estimate of drug-likeness (QED) is 0.667. The molecule has 0 atom stereocenters. The van der Waals surface area contributed by atoms with Crippen LogP contribution in [-0.2, 0) is 12.8 Å². The lowest BCUT2D eigenvalue weighted by Gasteiger charge is -1.94. The number of aryl methyl sites for hydroxylation is 1. The molecular weight excluding hydrogens is 190 g/mol. The molecule has 0 unspecified atom stereocenters. The zero-order valence-corrected chi connectivity index (χ0v) is 7.73. The second-order valence-electron chi connectivity index (χ2n) is 2.41. The highest BCUT2D eigenvalue weighted by atomic mass is 32.2. The molecule has 0 aromatic carbocycles. The molecule has 2 heterocycles. The Morgan fingerprint density at radius 3 is 3.15 bits per heavy atom. The predicted molar refractivity (Wildman–Crippen MR) is 44.9 cm³/mol. The van der Waals surface area contributed by atoms with Gasteiger partial charge in [0.25, 0.3) is 0 Å². The van der Waals surface area contributed by atoms with E-state index in [2.05, 4.69) is 20.7 Å². The molecule has 0 aliphatic rings. The number of nitrogens with zero attached hydrogens (tertiary/aromatic N) is 5. The summed E-state index contributed by atoms with van der Waals surface area (Å²) < 4.78 is 6.32. The molecule has 0 N–H and O–H groups in total. The van der Waals surface area contributed by atoms with Crippen LogP contribution in [0.5, 0.6) is 0 Å². The third kappa shape index (κ3) is 1.86. The van der Waals surface area contributed by atoms with E-state index in [4.69, 9.17) is 4.52 Å². The second kappa shape index (κ2) is 3.56. The lowest BCUT2D eigenvalue weighted by molar-refractivity contribution is 0.419.